The van der Waals surface area contributed by atoms with Crippen LogP contribution in [-0.4, -0.2) is 13.7 Å². The van der Waals surface area contributed by atoms with Crippen LogP contribution < -0.4 is 10.1 Å². The van der Waals surface area contributed by atoms with Gasteiger partial charge >= 0.3 is 0 Å². The monoisotopic (exact) mass is 289 g/mol. The van der Waals surface area contributed by atoms with Gasteiger partial charge in [0.2, 0.25) is 0 Å². The Hall–Kier alpha value is -1.32. The average Bonchev–Trinajstić information content (AvgIpc) is 2.90. The first kappa shape index (κ1) is 15.1. The Morgan fingerprint density at radius 3 is 2.50 bits per heavy atom. The number of aryl methyl sites for hydroxylation is 2. The molecule has 0 saturated heterocycles. The second kappa shape index (κ2) is 6.91. The van der Waals surface area contributed by atoms with Crippen molar-refractivity contribution in [1.82, 2.24) is 5.32 Å². The molecule has 0 aliphatic rings. The first-order valence-electron chi connectivity index (χ1n) is 7.06. The molecule has 1 heterocycles. The number of ether oxygens (including phenoxy) is 1. The van der Waals surface area contributed by atoms with E-state index < -0.39 is 0 Å². The fraction of sp³-hybridized carbons (Fsp3) is 0.412. The Bertz CT molecular complexity index is 542. The molecule has 0 fully saturated rings. The van der Waals surface area contributed by atoms with E-state index in [-0.39, 0.29) is 0 Å². The number of hydrogen-bond acceptors (Lipinski definition) is 3. The molecule has 1 N–H and O–H groups in total. The third-order valence-electron chi connectivity index (χ3n) is 3.68. The van der Waals surface area contributed by atoms with Crippen LogP contribution in [0.5, 0.6) is 5.75 Å². The molecule has 2 aromatic rings. The summed E-state index contributed by atoms with van der Waals surface area (Å²) >= 11 is 1.77. The van der Waals surface area contributed by atoms with E-state index in [4.69, 9.17) is 4.74 Å². The van der Waals surface area contributed by atoms with E-state index in [9.17, 15) is 0 Å². The van der Waals surface area contributed by atoms with E-state index in [1.807, 2.05) is 0 Å². The van der Waals surface area contributed by atoms with Crippen LogP contribution in [0.15, 0.2) is 29.6 Å². The lowest BCUT2D eigenvalue weighted by Crippen LogP contribution is -2.22. The maximum atomic E-state index is 5.30. The molecule has 20 heavy (non-hydrogen) atoms. The minimum atomic E-state index is 0.355. The molecule has 0 aliphatic carbocycles. The number of rotatable bonds is 6. The van der Waals surface area contributed by atoms with Crippen LogP contribution in [0.4, 0.5) is 0 Å². The van der Waals surface area contributed by atoms with Crippen LogP contribution in [0.25, 0.3) is 0 Å². The highest BCUT2D eigenvalue weighted by Crippen LogP contribution is 2.30. The van der Waals surface area contributed by atoms with Crippen molar-refractivity contribution in [2.24, 2.45) is 0 Å². The van der Waals surface area contributed by atoms with Gasteiger partial charge in [-0.1, -0.05) is 25.1 Å². The van der Waals surface area contributed by atoms with Crippen LogP contribution in [0, 0.1) is 13.8 Å². The summed E-state index contributed by atoms with van der Waals surface area (Å²) in [6.45, 7) is 7.51. The Morgan fingerprint density at radius 1 is 1.25 bits per heavy atom. The van der Waals surface area contributed by atoms with Crippen molar-refractivity contribution in [3.05, 3.63) is 51.2 Å². The zero-order valence-corrected chi connectivity index (χ0v) is 13.5. The quantitative estimate of drug-likeness (QED) is 0.857. The van der Waals surface area contributed by atoms with E-state index in [2.05, 4.69) is 55.7 Å². The largest absolute Gasteiger partial charge is 0.496 e. The van der Waals surface area contributed by atoms with Gasteiger partial charge in [-0.2, -0.15) is 0 Å². The second-order valence-electron chi connectivity index (χ2n) is 5.07. The summed E-state index contributed by atoms with van der Waals surface area (Å²) in [6.07, 6.45) is 1.02. The number of methoxy groups -OCH3 is 1. The van der Waals surface area contributed by atoms with E-state index in [0.717, 1.165) is 18.7 Å². The SMILES string of the molecule is CCNC(Cc1c(C)cccc1C)c1cc(OC)cs1. The number of benzene rings is 1. The molecule has 0 saturated carbocycles. The van der Waals surface area contributed by atoms with Gasteiger partial charge in [0.1, 0.15) is 5.75 Å². The zero-order valence-electron chi connectivity index (χ0n) is 12.7. The van der Waals surface area contributed by atoms with Crippen LogP contribution >= 0.6 is 11.3 Å². The molecule has 2 nitrogen and oxygen atoms in total. The van der Waals surface area contributed by atoms with Crippen molar-refractivity contribution < 1.29 is 4.74 Å². The van der Waals surface area contributed by atoms with Gasteiger partial charge in [-0.15, -0.1) is 11.3 Å². The molecule has 0 bridgehead atoms. The topological polar surface area (TPSA) is 21.3 Å². The molecule has 108 valence electrons. The fourth-order valence-corrected chi connectivity index (χ4v) is 3.45. The smallest absolute Gasteiger partial charge is 0.129 e. The predicted molar refractivity (Wildman–Crippen MR) is 86.9 cm³/mol. The molecule has 3 heteroatoms. The summed E-state index contributed by atoms with van der Waals surface area (Å²) in [5.74, 6) is 0.953. The maximum Gasteiger partial charge on any atom is 0.129 e. The summed E-state index contributed by atoms with van der Waals surface area (Å²) in [6, 6.07) is 9.02. The summed E-state index contributed by atoms with van der Waals surface area (Å²) in [4.78, 5) is 1.34. The minimum absolute atomic E-state index is 0.355. The third kappa shape index (κ3) is 3.41. The van der Waals surface area contributed by atoms with Gasteiger partial charge in [-0.25, -0.2) is 0 Å². The third-order valence-corrected chi connectivity index (χ3v) is 4.70. The molecule has 0 aliphatic heterocycles. The predicted octanol–water partition coefficient (Wildman–Crippen LogP) is 4.27. The Morgan fingerprint density at radius 2 is 1.95 bits per heavy atom. The normalized spacial score (nSPS) is 12.4. The van der Waals surface area contributed by atoms with Crippen LogP contribution in [0.1, 0.15) is 34.5 Å². The lowest BCUT2D eigenvalue weighted by molar-refractivity contribution is 0.415. The van der Waals surface area contributed by atoms with Crippen molar-refractivity contribution >= 4 is 11.3 Å². The molecule has 1 aromatic heterocycles. The molecule has 1 atom stereocenters. The summed E-state index contributed by atoms with van der Waals surface area (Å²) in [5.41, 5.74) is 4.19. The van der Waals surface area contributed by atoms with Crippen molar-refractivity contribution in [2.75, 3.05) is 13.7 Å². The standard InChI is InChI=1S/C17H23NOS/c1-5-18-16(17-9-14(19-4)11-20-17)10-15-12(2)7-6-8-13(15)3/h6-9,11,16,18H,5,10H2,1-4H3. The van der Waals surface area contributed by atoms with Gasteiger partial charge in [0.15, 0.2) is 0 Å². The molecule has 1 unspecified atom stereocenters. The van der Waals surface area contributed by atoms with E-state index in [1.54, 1.807) is 18.4 Å². The number of thiophene rings is 1. The molecule has 0 spiro atoms. The van der Waals surface area contributed by atoms with Crippen molar-refractivity contribution in [3.63, 3.8) is 0 Å². The first-order valence-corrected chi connectivity index (χ1v) is 7.94. The summed E-state index contributed by atoms with van der Waals surface area (Å²) in [7, 11) is 1.72. The lowest BCUT2D eigenvalue weighted by Gasteiger charge is -2.19. The van der Waals surface area contributed by atoms with Gasteiger partial charge in [-0.3, -0.25) is 0 Å². The fourth-order valence-electron chi connectivity index (χ4n) is 2.52. The summed E-state index contributed by atoms with van der Waals surface area (Å²) < 4.78 is 5.30. The molecule has 0 amide bonds. The van der Waals surface area contributed by atoms with Gasteiger partial charge < -0.3 is 10.1 Å². The van der Waals surface area contributed by atoms with Crippen molar-refractivity contribution in [3.8, 4) is 5.75 Å². The Kier molecular flexibility index (Phi) is 5.21. The highest BCUT2D eigenvalue weighted by atomic mass is 32.1. The highest BCUT2D eigenvalue weighted by Gasteiger charge is 2.16. The zero-order chi connectivity index (χ0) is 14.5. The van der Waals surface area contributed by atoms with Crippen LogP contribution in [-0.2, 0) is 6.42 Å². The minimum Gasteiger partial charge on any atom is -0.496 e. The lowest BCUT2D eigenvalue weighted by atomic mass is 9.96. The number of hydrogen-bond donors (Lipinski definition) is 1. The van der Waals surface area contributed by atoms with Crippen molar-refractivity contribution in [1.29, 1.82) is 0 Å². The molecular formula is C17H23NOS. The Balaban J connectivity index is 2.25. The van der Waals surface area contributed by atoms with E-state index >= 15 is 0 Å². The Labute approximate surface area is 125 Å². The average molecular weight is 289 g/mol. The van der Waals surface area contributed by atoms with E-state index in [0.29, 0.717) is 6.04 Å². The molecule has 0 radical (unpaired) electrons. The number of likely N-dealkylation sites (N-methyl/N-ethyl adjacent to an activating group) is 1. The van der Waals surface area contributed by atoms with Crippen LogP contribution in [0.2, 0.25) is 0 Å². The molecule has 2 rings (SSSR count). The van der Waals surface area contributed by atoms with Gasteiger partial charge in [0, 0.05) is 16.3 Å². The van der Waals surface area contributed by atoms with Gasteiger partial charge in [0.05, 0.1) is 7.11 Å². The maximum absolute atomic E-state index is 5.30. The molecule has 1 aromatic carbocycles. The van der Waals surface area contributed by atoms with Crippen molar-refractivity contribution in [2.45, 2.75) is 33.2 Å². The van der Waals surface area contributed by atoms with Crippen LogP contribution in [0.3, 0.4) is 0 Å². The highest BCUT2D eigenvalue weighted by molar-refractivity contribution is 7.10. The van der Waals surface area contributed by atoms with E-state index in [1.165, 1.54) is 21.6 Å². The summed E-state index contributed by atoms with van der Waals surface area (Å²) in [5, 5.41) is 5.67. The second-order valence-corrected chi connectivity index (χ2v) is 6.02. The first-order chi connectivity index (χ1) is 9.65. The van der Waals surface area contributed by atoms with Gasteiger partial charge in [-0.05, 0) is 49.6 Å². The molecular weight excluding hydrogens is 266 g/mol. The number of nitrogens with one attached hydrogen (secondary N) is 1. The van der Waals surface area contributed by atoms with Gasteiger partial charge in [0.25, 0.3) is 0 Å².